The summed E-state index contributed by atoms with van der Waals surface area (Å²) >= 11 is 6.14. The van der Waals surface area contributed by atoms with Crippen LogP contribution in [0.2, 0.25) is 5.02 Å². The maximum Gasteiger partial charge on any atom is 0.124 e. The number of rotatable bonds is 6. The van der Waals surface area contributed by atoms with Crippen molar-refractivity contribution in [1.29, 1.82) is 0 Å². The number of nitrogens with one attached hydrogen (secondary N) is 1. The fourth-order valence-electron chi connectivity index (χ4n) is 2.38. The molecule has 0 bridgehead atoms. The van der Waals surface area contributed by atoms with Crippen LogP contribution in [0.3, 0.4) is 0 Å². The summed E-state index contributed by atoms with van der Waals surface area (Å²) in [5.74, 6) is 0.915. The van der Waals surface area contributed by atoms with Gasteiger partial charge in [0.05, 0.1) is 12.1 Å². The van der Waals surface area contributed by atoms with E-state index in [1.165, 1.54) is 0 Å². The Morgan fingerprint density at radius 1 is 1.10 bits per heavy atom. The lowest BCUT2D eigenvalue weighted by Gasteiger charge is -2.23. The number of ether oxygens (including phenoxy) is 1. The third-order valence-corrected chi connectivity index (χ3v) is 3.42. The van der Waals surface area contributed by atoms with E-state index in [9.17, 15) is 0 Å². The quantitative estimate of drug-likeness (QED) is 0.825. The second-order valence-corrected chi connectivity index (χ2v) is 5.69. The highest BCUT2D eigenvalue weighted by Crippen LogP contribution is 2.31. The Morgan fingerprint density at radius 2 is 1.86 bits per heavy atom. The molecule has 0 heterocycles. The first-order chi connectivity index (χ1) is 10.1. The molecule has 0 aliphatic heterocycles. The van der Waals surface area contributed by atoms with E-state index in [2.05, 4.69) is 24.4 Å². The van der Waals surface area contributed by atoms with Crippen molar-refractivity contribution in [2.75, 3.05) is 6.54 Å². The average Bonchev–Trinajstić information content (AvgIpc) is 2.45. The van der Waals surface area contributed by atoms with Gasteiger partial charge in [-0.2, -0.15) is 0 Å². The van der Waals surface area contributed by atoms with Crippen LogP contribution in [-0.4, -0.2) is 12.6 Å². The zero-order valence-corrected chi connectivity index (χ0v) is 13.5. The average molecular weight is 304 g/mol. The third-order valence-electron chi connectivity index (χ3n) is 3.18. The van der Waals surface area contributed by atoms with Crippen LogP contribution in [0, 0.1) is 0 Å². The van der Waals surface area contributed by atoms with Gasteiger partial charge in [0.1, 0.15) is 5.75 Å². The molecule has 2 rings (SSSR count). The van der Waals surface area contributed by atoms with Crippen LogP contribution in [-0.2, 0) is 0 Å². The van der Waals surface area contributed by atoms with Gasteiger partial charge in [-0.15, -0.1) is 0 Å². The van der Waals surface area contributed by atoms with Crippen molar-refractivity contribution in [3.63, 3.8) is 0 Å². The van der Waals surface area contributed by atoms with Crippen LogP contribution in [0.5, 0.6) is 5.75 Å². The summed E-state index contributed by atoms with van der Waals surface area (Å²) in [6, 6.07) is 16.2. The van der Waals surface area contributed by atoms with Gasteiger partial charge in [-0.3, -0.25) is 0 Å². The van der Waals surface area contributed by atoms with Crippen molar-refractivity contribution in [3.8, 4) is 5.75 Å². The SMILES string of the molecule is CCNC(c1cccc(Cl)c1)c1ccccc1OC(C)C. The summed E-state index contributed by atoms with van der Waals surface area (Å²) in [5.41, 5.74) is 2.28. The van der Waals surface area contributed by atoms with Crippen molar-refractivity contribution in [2.45, 2.75) is 32.9 Å². The molecule has 1 unspecified atom stereocenters. The molecule has 2 aromatic rings. The Kier molecular flexibility index (Phi) is 5.66. The predicted octanol–water partition coefficient (Wildman–Crippen LogP) is 4.83. The summed E-state index contributed by atoms with van der Waals surface area (Å²) < 4.78 is 5.95. The van der Waals surface area contributed by atoms with Gasteiger partial charge in [-0.25, -0.2) is 0 Å². The highest BCUT2D eigenvalue weighted by atomic mass is 35.5. The molecule has 0 amide bonds. The minimum absolute atomic E-state index is 0.0728. The van der Waals surface area contributed by atoms with E-state index in [-0.39, 0.29) is 12.1 Å². The highest BCUT2D eigenvalue weighted by Gasteiger charge is 2.18. The van der Waals surface area contributed by atoms with E-state index < -0.39 is 0 Å². The molecule has 0 fully saturated rings. The van der Waals surface area contributed by atoms with Crippen LogP contribution in [0.1, 0.15) is 37.9 Å². The van der Waals surface area contributed by atoms with Gasteiger partial charge in [0.2, 0.25) is 0 Å². The molecule has 21 heavy (non-hydrogen) atoms. The topological polar surface area (TPSA) is 21.3 Å². The van der Waals surface area contributed by atoms with Crippen molar-refractivity contribution in [1.82, 2.24) is 5.32 Å². The Morgan fingerprint density at radius 3 is 2.52 bits per heavy atom. The number of hydrogen-bond acceptors (Lipinski definition) is 2. The smallest absolute Gasteiger partial charge is 0.124 e. The number of benzene rings is 2. The standard InChI is InChI=1S/C18H22ClNO/c1-4-20-18(14-8-7-9-15(19)12-14)16-10-5-6-11-17(16)21-13(2)3/h5-13,18,20H,4H2,1-3H3. The maximum atomic E-state index is 6.14. The Labute approximate surface area is 132 Å². The minimum atomic E-state index is 0.0728. The van der Waals surface area contributed by atoms with E-state index >= 15 is 0 Å². The summed E-state index contributed by atoms with van der Waals surface area (Å²) in [5, 5.41) is 4.27. The van der Waals surface area contributed by atoms with Gasteiger partial charge in [0, 0.05) is 10.6 Å². The molecule has 3 heteroatoms. The van der Waals surface area contributed by atoms with Gasteiger partial charge in [0.15, 0.2) is 0 Å². The Balaban J connectivity index is 2.43. The van der Waals surface area contributed by atoms with Gasteiger partial charge in [-0.1, -0.05) is 48.9 Å². The molecule has 0 aliphatic carbocycles. The molecular weight excluding hydrogens is 282 g/mol. The molecular formula is C18H22ClNO. The molecule has 0 spiro atoms. The number of hydrogen-bond donors (Lipinski definition) is 1. The van der Waals surface area contributed by atoms with E-state index in [1.807, 2.05) is 50.2 Å². The first-order valence-corrected chi connectivity index (χ1v) is 7.74. The van der Waals surface area contributed by atoms with E-state index in [0.717, 1.165) is 28.4 Å². The van der Waals surface area contributed by atoms with Gasteiger partial charge in [-0.05, 0) is 44.2 Å². The summed E-state index contributed by atoms with van der Waals surface area (Å²) in [7, 11) is 0. The second kappa shape index (κ2) is 7.48. The molecule has 0 aliphatic rings. The van der Waals surface area contributed by atoms with Crippen LogP contribution in [0.15, 0.2) is 48.5 Å². The molecule has 0 radical (unpaired) electrons. The third kappa shape index (κ3) is 4.23. The van der Waals surface area contributed by atoms with Crippen molar-refractivity contribution < 1.29 is 4.74 Å². The monoisotopic (exact) mass is 303 g/mol. The zero-order chi connectivity index (χ0) is 15.2. The molecule has 0 saturated heterocycles. The number of halogens is 1. The normalized spacial score (nSPS) is 12.4. The first kappa shape index (κ1) is 15.9. The van der Waals surface area contributed by atoms with E-state index in [0.29, 0.717) is 0 Å². The van der Waals surface area contributed by atoms with Gasteiger partial charge >= 0.3 is 0 Å². The molecule has 2 nitrogen and oxygen atoms in total. The lowest BCUT2D eigenvalue weighted by molar-refractivity contribution is 0.238. The van der Waals surface area contributed by atoms with Gasteiger partial charge < -0.3 is 10.1 Å². The molecule has 2 aromatic carbocycles. The zero-order valence-electron chi connectivity index (χ0n) is 12.8. The largest absolute Gasteiger partial charge is 0.491 e. The Hall–Kier alpha value is -1.51. The lowest BCUT2D eigenvalue weighted by Crippen LogP contribution is -2.23. The molecule has 1 N–H and O–H groups in total. The van der Waals surface area contributed by atoms with Crippen molar-refractivity contribution in [2.24, 2.45) is 0 Å². The van der Waals surface area contributed by atoms with Crippen LogP contribution >= 0.6 is 11.6 Å². The predicted molar refractivity (Wildman–Crippen MR) is 89.2 cm³/mol. The fourth-order valence-corrected chi connectivity index (χ4v) is 2.58. The van der Waals surface area contributed by atoms with Crippen molar-refractivity contribution in [3.05, 3.63) is 64.7 Å². The lowest BCUT2D eigenvalue weighted by atomic mass is 9.97. The van der Waals surface area contributed by atoms with E-state index in [1.54, 1.807) is 0 Å². The Bertz CT molecular complexity index is 583. The summed E-state index contributed by atoms with van der Waals surface area (Å²) in [6.45, 7) is 7.05. The maximum absolute atomic E-state index is 6.14. The van der Waals surface area contributed by atoms with Crippen molar-refractivity contribution >= 4 is 11.6 Å². The molecule has 0 saturated carbocycles. The van der Waals surface area contributed by atoms with Gasteiger partial charge in [0.25, 0.3) is 0 Å². The molecule has 0 aromatic heterocycles. The number of para-hydroxylation sites is 1. The molecule has 1 atom stereocenters. The summed E-state index contributed by atoms with van der Waals surface area (Å²) in [6.07, 6.45) is 0.146. The minimum Gasteiger partial charge on any atom is -0.491 e. The second-order valence-electron chi connectivity index (χ2n) is 5.25. The van der Waals surface area contributed by atoms with Crippen LogP contribution in [0.25, 0.3) is 0 Å². The first-order valence-electron chi connectivity index (χ1n) is 7.36. The van der Waals surface area contributed by atoms with E-state index in [4.69, 9.17) is 16.3 Å². The van der Waals surface area contributed by atoms with Crippen LogP contribution in [0.4, 0.5) is 0 Å². The highest BCUT2D eigenvalue weighted by molar-refractivity contribution is 6.30. The molecule has 112 valence electrons. The fraction of sp³-hybridized carbons (Fsp3) is 0.333. The summed E-state index contributed by atoms with van der Waals surface area (Å²) in [4.78, 5) is 0. The van der Waals surface area contributed by atoms with Crippen LogP contribution < -0.4 is 10.1 Å².